The Morgan fingerprint density at radius 2 is 1.83 bits per heavy atom. The molecule has 2 aromatic carbocycles. The number of aliphatic hydroxyl groups excluding tert-OH is 1. The van der Waals surface area contributed by atoms with E-state index in [4.69, 9.17) is 27.9 Å². The van der Waals surface area contributed by atoms with Gasteiger partial charge in [0.05, 0.1) is 16.7 Å². The minimum absolute atomic E-state index is 0.0236. The van der Waals surface area contributed by atoms with Gasteiger partial charge in [-0.3, -0.25) is 9.69 Å². The van der Waals surface area contributed by atoms with E-state index >= 15 is 0 Å². The van der Waals surface area contributed by atoms with Gasteiger partial charge in [0.15, 0.2) is 6.61 Å². The lowest BCUT2D eigenvalue weighted by Gasteiger charge is -2.58. The van der Waals surface area contributed by atoms with Crippen molar-refractivity contribution < 1.29 is 23.8 Å². The van der Waals surface area contributed by atoms with Gasteiger partial charge in [-0.25, -0.2) is 9.18 Å². The molecule has 0 unspecified atom stereocenters. The number of rotatable bonds is 6. The van der Waals surface area contributed by atoms with Crippen LogP contribution in [0.2, 0.25) is 10.0 Å². The minimum atomic E-state index is -0.792. The zero-order valence-electron chi connectivity index (χ0n) is 19.0. The van der Waals surface area contributed by atoms with Crippen LogP contribution in [0.4, 0.5) is 14.9 Å². The Morgan fingerprint density at radius 1 is 1.11 bits per heavy atom. The van der Waals surface area contributed by atoms with Crippen molar-refractivity contribution in [3.63, 3.8) is 0 Å². The number of carbonyl (C=O) groups is 2. The van der Waals surface area contributed by atoms with Crippen LogP contribution in [-0.4, -0.2) is 58.8 Å². The van der Waals surface area contributed by atoms with Crippen molar-refractivity contribution in [2.45, 2.75) is 49.3 Å². The Hall–Kier alpha value is -2.55. The van der Waals surface area contributed by atoms with E-state index in [9.17, 15) is 19.1 Å². The molecule has 2 N–H and O–H groups in total. The number of carbonyl (C=O) groups excluding carboxylic acids is 2. The maximum absolute atomic E-state index is 13.6. The molecule has 186 valence electrons. The van der Waals surface area contributed by atoms with Crippen LogP contribution < -0.4 is 15.0 Å². The summed E-state index contributed by atoms with van der Waals surface area (Å²) in [5, 5.41) is 14.6. The first-order chi connectivity index (χ1) is 16.7. The quantitative estimate of drug-likeness (QED) is 0.590. The van der Waals surface area contributed by atoms with Gasteiger partial charge in [0, 0.05) is 35.4 Å². The number of urea groups is 1. The van der Waals surface area contributed by atoms with Gasteiger partial charge < -0.3 is 20.1 Å². The highest BCUT2D eigenvalue weighted by Gasteiger charge is 2.59. The summed E-state index contributed by atoms with van der Waals surface area (Å²) < 4.78 is 19.0. The van der Waals surface area contributed by atoms with Gasteiger partial charge in [0.1, 0.15) is 11.6 Å². The van der Waals surface area contributed by atoms with Crippen molar-refractivity contribution in [2.24, 2.45) is 0 Å². The smallest absolute Gasteiger partial charge is 0.325 e. The summed E-state index contributed by atoms with van der Waals surface area (Å²) in [6.07, 6.45) is 2.10. The molecule has 0 radical (unpaired) electrons. The molecular formula is C25H26Cl2FN3O4. The minimum Gasteiger partial charge on any atom is -0.484 e. The van der Waals surface area contributed by atoms with Crippen molar-refractivity contribution >= 4 is 40.8 Å². The number of hydrogen-bond donors (Lipinski definition) is 2. The lowest BCUT2D eigenvalue weighted by molar-refractivity contribution is -0.135. The molecule has 2 bridgehead atoms. The monoisotopic (exact) mass is 521 g/mol. The first kappa shape index (κ1) is 24.2. The van der Waals surface area contributed by atoms with Crippen molar-refractivity contribution in [3.05, 3.63) is 58.3 Å². The van der Waals surface area contributed by atoms with Crippen molar-refractivity contribution in [2.75, 3.05) is 24.6 Å². The van der Waals surface area contributed by atoms with Gasteiger partial charge >= 0.3 is 6.03 Å². The van der Waals surface area contributed by atoms with Crippen LogP contribution in [0.15, 0.2) is 42.5 Å². The van der Waals surface area contributed by atoms with Crippen LogP contribution in [-0.2, 0) is 4.79 Å². The molecule has 7 nitrogen and oxygen atoms in total. The summed E-state index contributed by atoms with van der Waals surface area (Å²) in [6, 6.07) is 11.1. The third-order valence-electron chi connectivity index (χ3n) is 7.65. The zero-order chi connectivity index (χ0) is 24.8. The molecule has 1 aliphatic heterocycles. The fraction of sp³-hybridized carbons (Fsp3) is 0.440. The molecule has 0 spiro atoms. The van der Waals surface area contributed by atoms with Gasteiger partial charge in [-0.2, -0.15) is 0 Å². The summed E-state index contributed by atoms with van der Waals surface area (Å²) in [4.78, 5) is 29.6. The van der Waals surface area contributed by atoms with Gasteiger partial charge in [-0.1, -0.05) is 23.2 Å². The van der Waals surface area contributed by atoms with E-state index < -0.39 is 23.0 Å². The van der Waals surface area contributed by atoms with Crippen molar-refractivity contribution in [3.8, 4) is 5.75 Å². The second-order valence-electron chi connectivity index (χ2n) is 9.58. The molecule has 10 heteroatoms. The number of hydrogen-bond acceptors (Lipinski definition) is 4. The third-order valence-corrected chi connectivity index (χ3v) is 8.21. The fourth-order valence-corrected chi connectivity index (χ4v) is 5.95. The maximum atomic E-state index is 13.6. The van der Waals surface area contributed by atoms with Crippen molar-refractivity contribution in [1.82, 2.24) is 10.2 Å². The zero-order valence-corrected chi connectivity index (χ0v) is 20.5. The van der Waals surface area contributed by atoms with Crippen LogP contribution in [0.3, 0.4) is 0 Å². The van der Waals surface area contributed by atoms with Gasteiger partial charge in [0.2, 0.25) is 0 Å². The fourth-order valence-electron chi connectivity index (χ4n) is 5.71. The van der Waals surface area contributed by atoms with E-state index in [1.165, 1.54) is 12.1 Å². The van der Waals surface area contributed by atoms with Gasteiger partial charge in [0.25, 0.3) is 5.91 Å². The number of aliphatic hydroxyl groups is 1. The molecule has 1 heterocycles. The standard InChI is InChI=1S/C25H26Cl2FN3O4/c26-16-1-3-17(4-2-16)30-11-12-31(23(30)34)24-7-9-25(10-8-24,21(32)14-24)29-22(33)15-35-18-5-6-19(27)20(28)13-18/h1-6,13,21,32H,7-12,14-15H2,(H,29,33)/t21-,24?,25?/m0/s1. The number of halogens is 3. The summed E-state index contributed by atoms with van der Waals surface area (Å²) in [6.45, 7) is 0.850. The maximum Gasteiger partial charge on any atom is 0.325 e. The first-order valence-electron chi connectivity index (χ1n) is 11.6. The molecule has 0 aromatic heterocycles. The summed E-state index contributed by atoms with van der Waals surface area (Å²) in [5.41, 5.74) is -0.388. The summed E-state index contributed by atoms with van der Waals surface area (Å²) in [7, 11) is 0. The van der Waals surface area contributed by atoms with E-state index in [-0.39, 0.29) is 29.3 Å². The molecule has 2 aromatic rings. The van der Waals surface area contributed by atoms with Crippen LogP contribution in [0.25, 0.3) is 0 Å². The van der Waals surface area contributed by atoms with E-state index in [0.29, 0.717) is 50.2 Å². The van der Waals surface area contributed by atoms with E-state index in [0.717, 1.165) is 11.8 Å². The predicted octanol–water partition coefficient (Wildman–Crippen LogP) is 4.39. The van der Waals surface area contributed by atoms with Crippen LogP contribution in [0.1, 0.15) is 32.1 Å². The number of anilines is 1. The number of ether oxygens (including phenoxy) is 1. The van der Waals surface area contributed by atoms with Crippen LogP contribution in [0.5, 0.6) is 5.75 Å². The molecule has 3 aliphatic carbocycles. The highest BCUT2D eigenvalue weighted by Crippen LogP contribution is 2.51. The molecule has 1 atom stereocenters. The molecule has 6 rings (SSSR count). The number of nitrogens with zero attached hydrogens (tertiary/aromatic N) is 2. The Balaban J connectivity index is 1.21. The summed E-state index contributed by atoms with van der Waals surface area (Å²) >= 11 is 11.7. The highest BCUT2D eigenvalue weighted by atomic mass is 35.5. The average Bonchev–Trinajstić information content (AvgIpc) is 3.23. The molecule has 3 amide bonds. The Bertz CT molecular complexity index is 1140. The molecule has 1 saturated heterocycles. The van der Waals surface area contributed by atoms with Crippen LogP contribution in [0, 0.1) is 5.82 Å². The lowest BCUT2D eigenvalue weighted by Crippen LogP contribution is -2.70. The second kappa shape index (κ2) is 9.15. The topological polar surface area (TPSA) is 82.1 Å². The highest BCUT2D eigenvalue weighted by molar-refractivity contribution is 6.31. The number of nitrogens with one attached hydrogen (secondary N) is 1. The van der Waals surface area contributed by atoms with E-state index in [1.54, 1.807) is 17.0 Å². The Labute approximate surface area is 212 Å². The van der Waals surface area contributed by atoms with E-state index in [1.807, 2.05) is 17.0 Å². The van der Waals surface area contributed by atoms with Gasteiger partial charge in [-0.05, 0) is 68.5 Å². The lowest BCUT2D eigenvalue weighted by atomic mass is 9.59. The number of benzene rings is 2. The Morgan fingerprint density at radius 3 is 2.49 bits per heavy atom. The molecular weight excluding hydrogens is 496 g/mol. The average molecular weight is 522 g/mol. The number of fused-ring (bicyclic) bond motifs is 3. The third kappa shape index (κ3) is 4.43. The normalized spacial score (nSPS) is 27.9. The predicted molar refractivity (Wildman–Crippen MR) is 131 cm³/mol. The number of amides is 3. The molecule has 35 heavy (non-hydrogen) atoms. The second-order valence-corrected chi connectivity index (χ2v) is 10.4. The first-order valence-corrected chi connectivity index (χ1v) is 12.4. The SMILES string of the molecule is O=C(COc1ccc(Cl)c(F)c1)NC12CCC(N3CCN(c4ccc(Cl)cc4)C3=O)(CC1)C[C@@H]2O. The molecule has 3 saturated carbocycles. The van der Waals surface area contributed by atoms with Crippen LogP contribution >= 0.6 is 23.2 Å². The molecule has 4 aliphatic rings. The van der Waals surface area contributed by atoms with E-state index in [2.05, 4.69) is 5.32 Å². The van der Waals surface area contributed by atoms with Gasteiger partial charge in [-0.15, -0.1) is 0 Å². The molecule has 4 fully saturated rings. The summed E-state index contributed by atoms with van der Waals surface area (Å²) in [5.74, 6) is -0.815. The van der Waals surface area contributed by atoms with Crippen molar-refractivity contribution in [1.29, 1.82) is 0 Å². The largest absolute Gasteiger partial charge is 0.484 e. The Kier molecular flexibility index (Phi) is 6.32.